The molecule has 1 N–H and O–H groups in total. The Hall–Kier alpha value is -2.38. The largest absolute Gasteiger partial charge is 0.335 e. The maximum absolute atomic E-state index is 13.0. The lowest BCUT2D eigenvalue weighted by atomic mass is 10.2. The molecular weight excluding hydrogens is 389 g/mol. The summed E-state index contributed by atoms with van der Waals surface area (Å²) in [7, 11) is 1.58. The minimum absolute atomic E-state index is 0.0686. The van der Waals surface area contributed by atoms with Crippen molar-refractivity contribution in [2.45, 2.75) is 18.6 Å². The lowest BCUT2D eigenvalue weighted by Gasteiger charge is -2.16. The van der Waals surface area contributed by atoms with Crippen molar-refractivity contribution in [2.24, 2.45) is 4.99 Å². The van der Waals surface area contributed by atoms with E-state index >= 15 is 0 Å². The number of hydrogen-bond donors (Lipinski definition) is 1. The summed E-state index contributed by atoms with van der Waals surface area (Å²) in [5.74, 6) is -0.936. The highest BCUT2D eigenvalue weighted by atomic mass is 35.5. The maximum atomic E-state index is 13.0. The van der Waals surface area contributed by atoms with Crippen LogP contribution in [0, 0.1) is 12.7 Å². The number of carbonyl (C=O) groups excluding carboxylic acids is 2. The average molecular weight is 406 g/mol. The zero-order chi connectivity index (χ0) is 19.6. The third-order valence-corrected chi connectivity index (χ3v) is 5.64. The smallest absolute Gasteiger partial charge is 0.247 e. The van der Waals surface area contributed by atoms with Crippen LogP contribution in [0.2, 0.25) is 5.02 Å². The van der Waals surface area contributed by atoms with Gasteiger partial charge >= 0.3 is 0 Å². The highest BCUT2D eigenvalue weighted by Crippen LogP contribution is 2.32. The number of benzene rings is 2. The molecule has 0 bridgehead atoms. The molecule has 0 saturated carbocycles. The van der Waals surface area contributed by atoms with Crippen molar-refractivity contribution in [1.82, 2.24) is 0 Å². The van der Waals surface area contributed by atoms with Crippen molar-refractivity contribution in [3.8, 4) is 0 Å². The summed E-state index contributed by atoms with van der Waals surface area (Å²) >= 11 is 7.29. The number of imide groups is 1. The first-order valence-electron chi connectivity index (χ1n) is 8.18. The van der Waals surface area contributed by atoms with E-state index in [-0.39, 0.29) is 24.1 Å². The van der Waals surface area contributed by atoms with Gasteiger partial charge in [0.25, 0.3) is 0 Å². The third-order valence-electron chi connectivity index (χ3n) is 4.07. The molecule has 8 heteroatoms. The van der Waals surface area contributed by atoms with Crippen molar-refractivity contribution >= 4 is 51.7 Å². The molecule has 1 heterocycles. The van der Waals surface area contributed by atoms with Gasteiger partial charge in [0.1, 0.15) is 11.1 Å². The van der Waals surface area contributed by atoms with Crippen LogP contribution in [-0.2, 0) is 9.59 Å². The van der Waals surface area contributed by atoms with Gasteiger partial charge in [-0.2, -0.15) is 0 Å². The molecule has 27 heavy (non-hydrogen) atoms. The first-order chi connectivity index (χ1) is 12.9. The number of amidine groups is 1. The SMILES string of the molecule is CN=C(Nc1ccc(F)cc1)S[C@@H]1CC(=O)N(c2ccc(C)c(Cl)c2)C1=O. The average Bonchev–Trinajstić information content (AvgIpc) is 2.92. The minimum Gasteiger partial charge on any atom is -0.335 e. The van der Waals surface area contributed by atoms with Gasteiger partial charge in [-0.25, -0.2) is 9.29 Å². The summed E-state index contributed by atoms with van der Waals surface area (Å²) in [6, 6.07) is 10.9. The van der Waals surface area contributed by atoms with Gasteiger partial charge in [-0.1, -0.05) is 29.4 Å². The number of nitrogens with zero attached hydrogens (tertiary/aromatic N) is 2. The van der Waals surface area contributed by atoms with Gasteiger partial charge in [0.2, 0.25) is 11.8 Å². The normalized spacial score (nSPS) is 17.6. The van der Waals surface area contributed by atoms with Crippen LogP contribution in [0.1, 0.15) is 12.0 Å². The molecule has 2 aromatic rings. The van der Waals surface area contributed by atoms with Crippen LogP contribution in [0.25, 0.3) is 0 Å². The van der Waals surface area contributed by atoms with Crippen LogP contribution >= 0.6 is 23.4 Å². The van der Waals surface area contributed by atoms with Crippen LogP contribution in [0.5, 0.6) is 0 Å². The lowest BCUT2D eigenvalue weighted by molar-refractivity contribution is -0.121. The minimum atomic E-state index is -0.593. The molecule has 0 spiro atoms. The fourth-order valence-corrected chi connectivity index (χ4v) is 3.78. The van der Waals surface area contributed by atoms with Gasteiger partial charge in [-0.15, -0.1) is 0 Å². The number of hydrogen-bond acceptors (Lipinski definition) is 4. The van der Waals surface area contributed by atoms with Crippen LogP contribution in [0.4, 0.5) is 15.8 Å². The van der Waals surface area contributed by atoms with Gasteiger partial charge in [0, 0.05) is 24.2 Å². The fourth-order valence-electron chi connectivity index (χ4n) is 2.62. The topological polar surface area (TPSA) is 61.8 Å². The summed E-state index contributed by atoms with van der Waals surface area (Å²) in [5.41, 5.74) is 1.97. The summed E-state index contributed by atoms with van der Waals surface area (Å²) in [6.45, 7) is 1.85. The molecule has 1 aliphatic heterocycles. The van der Waals surface area contributed by atoms with Crippen molar-refractivity contribution < 1.29 is 14.0 Å². The van der Waals surface area contributed by atoms with Crippen molar-refractivity contribution in [3.63, 3.8) is 0 Å². The number of halogens is 2. The Morgan fingerprint density at radius 2 is 1.96 bits per heavy atom. The Bertz CT molecular complexity index is 918. The molecule has 1 saturated heterocycles. The fraction of sp³-hybridized carbons (Fsp3) is 0.211. The van der Waals surface area contributed by atoms with E-state index < -0.39 is 5.25 Å². The molecule has 3 rings (SSSR count). The highest BCUT2D eigenvalue weighted by Gasteiger charge is 2.40. The number of aliphatic imine (C=N–C) groups is 1. The number of carbonyl (C=O) groups is 2. The molecule has 2 aromatic carbocycles. The molecule has 5 nitrogen and oxygen atoms in total. The standard InChI is InChI=1S/C19H17ClFN3O2S/c1-11-3-8-14(9-15(11)20)24-17(25)10-16(18(24)26)27-19(22-2)23-13-6-4-12(21)5-7-13/h3-9,16H,10H2,1-2H3,(H,22,23)/t16-/m1/s1. The van der Waals surface area contributed by atoms with Crippen LogP contribution < -0.4 is 10.2 Å². The molecular formula is C19H17ClFN3O2S. The van der Waals surface area contributed by atoms with Crippen LogP contribution in [0.15, 0.2) is 47.5 Å². The Labute approximate surface area is 165 Å². The molecule has 2 amide bonds. The number of anilines is 2. The molecule has 0 aromatic heterocycles. The van der Waals surface area contributed by atoms with E-state index in [0.717, 1.165) is 10.5 Å². The Kier molecular flexibility index (Phi) is 5.82. The molecule has 140 valence electrons. The predicted molar refractivity (Wildman–Crippen MR) is 108 cm³/mol. The van der Waals surface area contributed by atoms with E-state index in [2.05, 4.69) is 10.3 Å². The first kappa shape index (κ1) is 19.4. The number of nitrogens with one attached hydrogen (secondary N) is 1. The second kappa shape index (κ2) is 8.10. The first-order valence-corrected chi connectivity index (χ1v) is 9.44. The maximum Gasteiger partial charge on any atom is 0.247 e. The van der Waals surface area contributed by atoms with E-state index in [1.807, 2.05) is 6.92 Å². The van der Waals surface area contributed by atoms with E-state index in [4.69, 9.17) is 11.6 Å². The Morgan fingerprint density at radius 3 is 2.59 bits per heavy atom. The monoisotopic (exact) mass is 405 g/mol. The van der Waals surface area contributed by atoms with Crippen molar-refractivity contribution in [3.05, 3.63) is 58.9 Å². The molecule has 0 aliphatic carbocycles. The second-order valence-electron chi connectivity index (χ2n) is 5.97. The van der Waals surface area contributed by atoms with E-state index in [9.17, 15) is 14.0 Å². The van der Waals surface area contributed by atoms with E-state index in [1.165, 1.54) is 23.9 Å². The quantitative estimate of drug-likeness (QED) is 0.471. The molecule has 1 atom stereocenters. The number of aryl methyl sites for hydroxylation is 1. The van der Waals surface area contributed by atoms with Gasteiger partial charge in [0.05, 0.1) is 5.69 Å². The van der Waals surface area contributed by atoms with E-state index in [0.29, 0.717) is 21.6 Å². The molecule has 1 fully saturated rings. The summed E-state index contributed by atoms with van der Waals surface area (Å²) in [5, 5.41) is 3.41. The Balaban J connectivity index is 1.73. The summed E-state index contributed by atoms with van der Waals surface area (Å²) < 4.78 is 13.0. The summed E-state index contributed by atoms with van der Waals surface area (Å²) in [4.78, 5) is 30.5. The third kappa shape index (κ3) is 4.31. The number of thioether (sulfide) groups is 1. The summed E-state index contributed by atoms with van der Waals surface area (Å²) in [6.07, 6.45) is 0.0686. The van der Waals surface area contributed by atoms with Gasteiger partial charge in [-0.3, -0.25) is 14.6 Å². The van der Waals surface area contributed by atoms with Gasteiger partial charge in [-0.05, 0) is 48.9 Å². The molecule has 0 radical (unpaired) electrons. The molecule has 1 aliphatic rings. The predicted octanol–water partition coefficient (Wildman–Crippen LogP) is 4.25. The molecule has 0 unspecified atom stereocenters. The zero-order valence-corrected chi connectivity index (χ0v) is 16.3. The van der Waals surface area contributed by atoms with Gasteiger partial charge < -0.3 is 5.32 Å². The van der Waals surface area contributed by atoms with E-state index in [1.54, 1.807) is 37.4 Å². The van der Waals surface area contributed by atoms with Gasteiger partial charge in [0.15, 0.2) is 5.17 Å². The van der Waals surface area contributed by atoms with Crippen molar-refractivity contribution in [1.29, 1.82) is 0 Å². The number of amides is 2. The van der Waals surface area contributed by atoms with Crippen molar-refractivity contribution in [2.75, 3.05) is 17.3 Å². The second-order valence-corrected chi connectivity index (χ2v) is 7.57. The lowest BCUT2D eigenvalue weighted by Crippen LogP contribution is -2.31. The highest BCUT2D eigenvalue weighted by molar-refractivity contribution is 8.15. The zero-order valence-electron chi connectivity index (χ0n) is 14.7. The van der Waals surface area contributed by atoms with Crippen LogP contribution in [-0.4, -0.2) is 29.3 Å². The Morgan fingerprint density at radius 1 is 1.26 bits per heavy atom. The number of rotatable bonds is 3. The van der Waals surface area contributed by atoms with Crippen LogP contribution in [0.3, 0.4) is 0 Å².